The van der Waals surface area contributed by atoms with Crippen molar-refractivity contribution >= 4 is 5.97 Å². The van der Waals surface area contributed by atoms with Gasteiger partial charge in [-0.2, -0.15) is 0 Å². The van der Waals surface area contributed by atoms with E-state index in [2.05, 4.69) is 11.3 Å². The minimum absolute atomic E-state index is 0.0679. The largest absolute Gasteiger partial charge is 0.469 e. The maximum absolute atomic E-state index is 10.7. The summed E-state index contributed by atoms with van der Waals surface area (Å²) in [6, 6.07) is 0. The third-order valence-corrected chi connectivity index (χ3v) is 1.57. The maximum Gasteiger partial charge on any atom is 0.308 e. The van der Waals surface area contributed by atoms with Gasteiger partial charge in [0.25, 0.3) is 0 Å². The number of carbonyl (C=O) groups excluding carboxylic acids is 1. The van der Waals surface area contributed by atoms with Crippen LogP contribution >= 0.6 is 0 Å². The molecule has 1 N–H and O–H groups in total. The predicted molar refractivity (Wildman–Crippen MR) is 51.2 cm³/mol. The minimum atomic E-state index is -0.609. The van der Waals surface area contributed by atoms with E-state index in [1.165, 1.54) is 7.11 Å². The van der Waals surface area contributed by atoms with Gasteiger partial charge in [-0.25, -0.2) is 0 Å². The van der Waals surface area contributed by atoms with E-state index in [0.29, 0.717) is 6.42 Å². The van der Waals surface area contributed by atoms with Crippen LogP contribution in [0.4, 0.5) is 0 Å². The summed E-state index contributed by atoms with van der Waals surface area (Å²) in [6.07, 6.45) is 6.15. The van der Waals surface area contributed by atoms with Crippen LogP contribution in [-0.2, 0) is 9.53 Å². The molecular formula is C10H16O3. The van der Waals surface area contributed by atoms with E-state index < -0.39 is 6.10 Å². The van der Waals surface area contributed by atoms with Gasteiger partial charge >= 0.3 is 5.97 Å². The molecule has 0 aromatic carbocycles. The Morgan fingerprint density at radius 1 is 1.69 bits per heavy atom. The quantitative estimate of drug-likeness (QED) is 0.502. The van der Waals surface area contributed by atoms with Gasteiger partial charge in [0, 0.05) is 0 Å². The molecule has 0 spiro atoms. The number of aliphatic hydroxyl groups excluding tert-OH is 1. The first kappa shape index (κ1) is 11.9. The summed E-state index contributed by atoms with van der Waals surface area (Å²) in [7, 11) is 1.31. The average molecular weight is 184 g/mol. The second kappa shape index (κ2) is 7.55. The summed E-state index contributed by atoms with van der Waals surface area (Å²) < 4.78 is 4.42. The van der Waals surface area contributed by atoms with Crippen LogP contribution in [-0.4, -0.2) is 24.3 Å². The molecule has 0 aliphatic heterocycles. The van der Waals surface area contributed by atoms with Gasteiger partial charge in [-0.05, 0) is 12.8 Å². The first-order valence-electron chi connectivity index (χ1n) is 4.23. The van der Waals surface area contributed by atoms with Gasteiger partial charge in [0.15, 0.2) is 0 Å². The molecule has 3 heteroatoms. The number of ether oxygens (including phenoxy) is 1. The maximum atomic E-state index is 10.7. The molecule has 0 aliphatic carbocycles. The Bertz CT molecular complexity index is 185. The van der Waals surface area contributed by atoms with Gasteiger partial charge in [0.05, 0.1) is 19.6 Å². The van der Waals surface area contributed by atoms with E-state index in [0.717, 1.165) is 6.42 Å². The highest BCUT2D eigenvalue weighted by molar-refractivity contribution is 5.69. The van der Waals surface area contributed by atoms with Gasteiger partial charge in [-0.1, -0.05) is 24.8 Å². The lowest BCUT2D eigenvalue weighted by Crippen LogP contribution is -2.13. The molecule has 3 nitrogen and oxygen atoms in total. The molecule has 74 valence electrons. The molecule has 0 aliphatic rings. The molecule has 0 fully saturated rings. The highest BCUT2D eigenvalue weighted by Gasteiger charge is 2.09. The van der Waals surface area contributed by atoms with Crippen molar-refractivity contribution in [2.45, 2.75) is 25.4 Å². The lowest BCUT2D eigenvalue weighted by Gasteiger charge is -2.06. The van der Waals surface area contributed by atoms with Crippen molar-refractivity contribution in [3.63, 3.8) is 0 Å². The Morgan fingerprint density at radius 3 is 2.92 bits per heavy atom. The molecule has 0 radical (unpaired) electrons. The van der Waals surface area contributed by atoms with E-state index in [1.54, 1.807) is 6.08 Å². The van der Waals surface area contributed by atoms with Crippen molar-refractivity contribution in [3.05, 3.63) is 24.8 Å². The molecule has 0 aromatic heterocycles. The fourth-order valence-electron chi connectivity index (χ4n) is 0.859. The number of rotatable bonds is 6. The van der Waals surface area contributed by atoms with Crippen LogP contribution in [0.5, 0.6) is 0 Å². The molecule has 0 saturated carbocycles. The summed E-state index contributed by atoms with van der Waals surface area (Å²) >= 11 is 0. The Labute approximate surface area is 78.7 Å². The average Bonchev–Trinajstić information content (AvgIpc) is 2.12. The third kappa shape index (κ3) is 7.28. The van der Waals surface area contributed by atoms with E-state index in [9.17, 15) is 9.90 Å². The van der Waals surface area contributed by atoms with Gasteiger partial charge < -0.3 is 9.84 Å². The van der Waals surface area contributed by atoms with Crippen molar-refractivity contribution in [2.75, 3.05) is 7.11 Å². The topological polar surface area (TPSA) is 46.5 Å². The summed E-state index contributed by atoms with van der Waals surface area (Å²) in [5.74, 6) is -0.375. The van der Waals surface area contributed by atoms with Crippen molar-refractivity contribution in [2.24, 2.45) is 0 Å². The molecule has 0 amide bonds. The van der Waals surface area contributed by atoms with Crippen molar-refractivity contribution in [1.82, 2.24) is 0 Å². The van der Waals surface area contributed by atoms with Crippen LogP contribution in [0.3, 0.4) is 0 Å². The van der Waals surface area contributed by atoms with Crippen molar-refractivity contribution in [1.29, 1.82) is 0 Å². The zero-order chi connectivity index (χ0) is 10.1. The van der Waals surface area contributed by atoms with Crippen LogP contribution in [0.1, 0.15) is 19.3 Å². The molecule has 0 heterocycles. The van der Waals surface area contributed by atoms with Crippen LogP contribution < -0.4 is 0 Å². The zero-order valence-electron chi connectivity index (χ0n) is 7.90. The Kier molecular flexibility index (Phi) is 6.92. The molecule has 13 heavy (non-hydrogen) atoms. The summed E-state index contributed by atoms with van der Waals surface area (Å²) in [5, 5.41) is 9.29. The summed E-state index contributed by atoms with van der Waals surface area (Å²) in [6.45, 7) is 3.52. The fourth-order valence-corrected chi connectivity index (χ4v) is 0.859. The Hall–Kier alpha value is -1.09. The zero-order valence-corrected chi connectivity index (χ0v) is 7.90. The fraction of sp³-hybridized carbons (Fsp3) is 0.500. The normalized spacial score (nSPS) is 12.8. The standard InChI is InChI=1S/C10H16O3/c1-3-4-5-6-7-9(11)8-10(12)13-2/h3-5,9,11H,1,6-8H2,2H3. The third-order valence-electron chi connectivity index (χ3n) is 1.57. The molecule has 1 atom stereocenters. The van der Waals surface area contributed by atoms with E-state index in [4.69, 9.17) is 0 Å². The molecule has 1 unspecified atom stereocenters. The second-order valence-corrected chi connectivity index (χ2v) is 2.68. The summed E-state index contributed by atoms with van der Waals surface area (Å²) in [5.41, 5.74) is 0. The van der Waals surface area contributed by atoms with E-state index in [-0.39, 0.29) is 12.4 Å². The summed E-state index contributed by atoms with van der Waals surface area (Å²) in [4.78, 5) is 10.7. The number of allylic oxidation sites excluding steroid dienone is 3. The molecule has 0 aromatic rings. The van der Waals surface area contributed by atoms with Crippen LogP contribution in [0.25, 0.3) is 0 Å². The van der Waals surface area contributed by atoms with E-state index in [1.807, 2.05) is 12.2 Å². The number of methoxy groups -OCH3 is 1. The smallest absolute Gasteiger partial charge is 0.308 e. The first-order chi connectivity index (χ1) is 6.20. The Balaban J connectivity index is 3.50. The highest BCUT2D eigenvalue weighted by atomic mass is 16.5. The van der Waals surface area contributed by atoms with Gasteiger partial charge in [0.2, 0.25) is 0 Å². The SMILES string of the molecule is C=CC=CCCC(O)CC(=O)OC. The number of aliphatic hydroxyl groups is 1. The number of hydrogen-bond donors (Lipinski definition) is 1. The molecule has 0 rings (SSSR count). The van der Waals surface area contributed by atoms with E-state index >= 15 is 0 Å². The lowest BCUT2D eigenvalue weighted by molar-refractivity contribution is -0.142. The second-order valence-electron chi connectivity index (χ2n) is 2.68. The number of hydrogen-bond acceptors (Lipinski definition) is 3. The monoisotopic (exact) mass is 184 g/mol. The van der Waals surface area contributed by atoms with Crippen LogP contribution in [0, 0.1) is 0 Å². The molecule has 0 bridgehead atoms. The number of esters is 1. The predicted octanol–water partition coefficient (Wildman–Crippen LogP) is 1.43. The van der Waals surface area contributed by atoms with Gasteiger partial charge in [-0.15, -0.1) is 0 Å². The lowest BCUT2D eigenvalue weighted by atomic mass is 10.1. The van der Waals surface area contributed by atoms with Crippen molar-refractivity contribution < 1.29 is 14.6 Å². The minimum Gasteiger partial charge on any atom is -0.469 e. The van der Waals surface area contributed by atoms with Crippen LogP contribution in [0.15, 0.2) is 24.8 Å². The highest BCUT2D eigenvalue weighted by Crippen LogP contribution is 2.03. The van der Waals surface area contributed by atoms with Gasteiger partial charge in [-0.3, -0.25) is 4.79 Å². The van der Waals surface area contributed by atoms with Gasteiger partial charge in [0.1, 0.15) is 0 Å². The molecular weight excluding hydrogens is 168 g/mol. The first-order valence-corrected chi connectivity index (χ1v) is 4.23. The molecule has 0 saturated heterocycles. The van der Waals surface area contributed by atoms with Crippen molar-refractivity contribution in [3.8, 4) is 0 Å². The number of carbonyl (C=O) groups is 1. The van der Waals surface area contributed by atoms with Crippen LogP contribution in [0.2, 0.25) is 0 Å². The Morgan fingerprint density at radius 2 is 2.38 bits per heavy atom.